The molecule has 1 aromatic carbocycles. The van der Waals surface area contributed by atoms with Gasteiger partial charge in [-0.05, 0) is 5.56 Å². The van der Waals surface area contributed by atoms with Crippen molar-refractivity contribution in [3.05, 3.63) is 68.0 Å². The number of hydrogen-bond donors (Lipinski definition) is 1. The zero-order valence-corrected chi connectivity index (χ0v) is 14.4. The number of H-pyrrole nitrogens is 1. The number of aromatic nitrogens is 2. The number of rotatable bonds is 5. The number of benzene rings is 1. The Bertz CT molecular complexity index is 785. The lowest BCUT2D eigenvalue weighted by molar-refractivity contribution is -0.00305. The summed E-state index contributed by atoms with van der Waals surface area (Å²) in [5, 5.41) is 0.176. The van der Waals surface area contributed by atoms with Crippen LogP contribution < -0.4 is 11.2 Å². The Hall–Kier alpha value is -1.54. The van der Waals surface area contributed by atoms with Crippen molar-refractivity contribution in [3.8, 4) is 0 Å². The Morgan fingerprint density at radius 3 is 2.83 bits per heavy atom. The average Bonchev–Trinajstić information content (AvgIpc) is 2.60. The minimum Gasteiger partial charge on any atom is -0.376 e. The number of halogens is 1. The van der Waals surface area contributed by atoms with E-state index in [2.05, 4.69) is 4.98 Å². The minimum absolute atomic E-state index is 0.0310. The lowest BCUT2D eigenvalue weighted by atomic mass is 10.2. The molecule has 2 atom stereocenters. The molecule has 0 amide bonds. The standard InChI is InChI=1S/C16H17ClN2O4S/c17-13-6-19(16(21)18-15(13)20)14-10-24-12(9-23-14)8-22-7-11-4-2-1-3-5-11/h1-6,12,14H,7-10H2,(H,18,20,21). The van der Waals surface area contributed by atoms with Gasteiger partial charge in [-0.25, -0.2) is 4.79 Å². The van der Waals surface area contributed by atoms with E-state index >= 15 is 0 Å². The molecule has 1 aromatic heterocycles. The van der Waals surface area contributed by atoms with Crippen LogP contribution >= 0.6 is 23.4 Å². The summed E-state index contributed by atoms with van der Waals surface area (Å²) in [6.07, 6.45) is 0.877. The van der Waals surface area contributed by atoms with Gasteiger partial charge in [0.1, 0.15) is 11.3 Å². The van der Waals surface area contributed by atoms with Gasteiger partial charge in [-0.15, -0.1) is 11.8 Å². The van der Waals surface area contributed by atoms with Crippen LogP contribution in [0.5, 0.6) is 0 Å². The van der Waals surface area contributed by atoms with E-state index in [4.69, 9.17) is 21.1 Å². The summed E-state index contributed by atoms with van der Waals surface area (Å²) in [6, 6.07) is 9.98. The van der Waals surface area contributed by atoms with Crippen molar-refractivity contribution in [1.29, 1.82) is 0 Å². The fourth-order valence-corrected chi connectivity index (χ4v) is 3.56. The molecular formula is C16H17ClN2O4S. The fraction of sp³-hybridized carbons (Fsp3) is 0.375. The van der Waals surface area contributed by atoms with Crippen LogP contribution in [0, 0.1) is 0 Å². The smallest absolute Gasteiger partial charge is 0.330 e. The van der Waals surface area contributed by atoms with Crippen molar-refractivity contribution in [3.63, 3.8) is 0 Å². The molecule has 128 valence electrons. The number of nitrogens with one attached hydrogen (secondary N) is 1. The lowest BCUT2D eigenvalue weighted by Gasteiger charge is -2.29. The Morgan fingerprint density at radius 2 is 2.12 bits per heavy atom. The molecule has 24 heavy (non-hydrogen) atoms. The maximum absolute atomic E-state index is 11.8. The third kappa shape index (κ3) is 4.30. The van der Waals surface area contributed by atoms with Crippen molar-refractivity contribution >= 4 is 23.4 Å². The summed E-state index contributed by atoms with van der Waals surface area (Å²) >= 11 is 7.45. The minimum atomic E-state index is -0.589. The highest BCUT2D eigenvalue weighted by molar-refractivity contribution is 8.00. The molecule has 2 heterocycles. The van der Waals surface area contributed by atoms with E-state index in [-0.39, 0.29) is 10.3 Å². The largest absolute Gasteiger partial charge is 0.376 e. The highest BCUT2D eigenvalue weighted by atomic mass is 35.5. The Labute approximate surface area is 147 Å². The van der Waals surface area contributed by atoms with Crippen molar-refractivity contribution in [1.82, 2.24) is 9.55 Å². The molecule has 0 bridgehead atoms. The summed E-state index contributed by atoms with van der Waals surface area (Å²) in [4.78, 5) is 25.3. The van der Waals surface area contributed by atoms with Crippen molar-refractivity contribution in [2.75, 3.05) is 19.0 Å². The van der Waals surface area contributed by atoms with Gasteiger partial charge < -0.3 is 9.47 Å². The highest BCUT2D eigenvalue weighted by Gasteiger charge is 2.24. The Morgan fingerprint density at radius 1 is 1.33 bits per heavy atom. The molecule has 0 spiro atoms. The van der Waals surface area contributed by atoms with Crippen LogP contribution in [0.15, 0.2) is 46.1 Å². The van der Waals surface area contributed by atoms with Gasteiger partial charge in [0.25, 0.3) is 5.56 Å². The number of aromatic amines is 1. The van der Waals surface area contributed by atoms with Crippen LogP contribution in [0.3, 0.4) is 0 Å². The van der Waals surface area contributed by atoms with E-state index in [1.807, 2.05) is 30.3 Å². The SMILES string of the molecule is O=c1[nH]c(=O)n(C2CSC(COCc3ccccc3)CO2)cc1Cl. The molecule has 0 saturated carbocycles. The van der Waals surface area contributed by atoms with Crippen LogP contribution in [0.25, 0.3) is 0 Å². The number of ether oxygens (including phenoxy) is 2. The fourth-order valence-electron chi connectivity index (χ4n) is 2.35. The van der Waals surface area contributed by atoms with Crippen LogP contribution in [0.1, 0.15) is 11.8 Å². The van der Waals surface area contributed by atoms with E-state index in [9.17, 15) is 9.59 Å². The normalized spacial score (nSPS) is 20.9. The van der Waals surface area contributed by atoms with Crippen molar-refractivity contribution in [2.24, 2.45) is 0 Å². The topological polar surface area (TPSA) is 73.3 Å². The third-order valence-corrected chi connectivity index (χ3v) is 5.09. The summed E-state index contributed by atoms with van der Waals surface area (Å²) < 4.78 is 12.8. The molecule has 1 saturated heterocycles. The van der Waals surface area contributed by atoms with Gasteiger partial charge in [-0.1, -0.05) is 41.9 Å². The Balaban J connectivity index is 1.50. The number of nitrogens with zero attached hydrogens (tertiary/aromatic N) is 1. The quantitative estimate of drug-likeness (QED) is 0.874. The second-order valence-corrected chi connectivity index (χ2v) is 7.13. The first-order valence-electron chi connectivity index (χ1n) is 7.49. The van der Waals surface area contributed by atoms with Crippen molar-refractivity contribution < 1.29 is 9.47 Å². The highest BCUT2D eigenvalue weighted by Crippen LogP contribution is 2.26. The predicted octanol–water partition coefficient (Wildman–Crippen LogP) is 2.04. The first kappa shape index (κ1) is 17.3. The monoisotopic (exact) mass is 368 g/mol. The maximum Gasteiger partial charge on any atom is 0.330 e. The summed E-state index contributed by atoms with van der Waals surface area (Å²) in [6.45, 7) is 1.61. The zero-order chi connectivity index (χ0) is 16.9. The predicted molar refractivity (Wildman–Crippen MR) is 93.7 cm³/mol. The number of hydrogen-bond acceptors (Lipinski definition) is 5. The summed E-state index contributed by atoms with van der Waals surface area (Å²) in [5.74, 6) is 0.585. The van der Waals surface area contributed by atoms with E-state index in [0.717, 1.165) is 5.56 Å². The molecule has 8 heteroatoms. The molecule has 2 aromatic rings. The first-order chi connectivity index (χ1) is 11.6. The molecule has 1 N–H and O–H groups in total. The van der Waals surface area contributed by atoms with Crippen molar-refractivity contribution in [2.45, 2.75) is 18.1 Å². The van der Waals surface area contributed by atoms with Crippen LogP contribution in [-0.2, 0) is 16.1 Å². The summed E-state index contributed by atoms with van der Waals surface area (Å²) in [7, 11) is 0. The second-order valence-electron chi connectivity index (χ2n) is 5.39. The Kier molecular flexibility index (Phi) is 5.78. The van der Waals surface area contributed by atoms with Crippen LogP contribution in [-0.4, -0.2) is 33.8 Å². The maximum atomic E-state index is 11.8. The van der Waals surface area contributed by atoms with Gasteiger partial charge in [-0.2, -0.15) is 0 Å². The molecule has 0 radical (unpaired) electrons. The van der Waals surface area contributed by atoms with E-state index < -0.39 is 17.5 Å². The van der Waals surface area contributed by atoms with Crippen LogP contribution in [0.4, 0.5) is 0 Å². The van der Waals surface area contributed by atoms with Gasteiger partial charge in [-0.3, -0.25) is 14.3 Å². The average molecular weight is 369 g/mol. The molecule has 2 unspecified atom stereocenters. The van der Waals surface area contributed by atoms with E-state index in [1.54, 1.807) is 11.8 Å². The number of thioether (sulfide) groups is 1. The molecular weight excluding hydrogens is 352 g/mol. The summed E-state index contributed by atoms with van der Waals surface area (Å²) in [5.41, 5.74) is 0.0221. The first-order valence-corrected chi connectivity index (χ1v) is 8.92. The molecule has 1 fully saturated rings. The van der Waals surface area contributed by atoms with E-state index in [0.29, 0.717) is 25.6 Å². The zero-order valence-electron chi connectivity index (χ0n) is 12.8. The third-order valence-electron chi connectivity index (χ3n) is 3.60. The van der Waals surface area contributed by atoms with Gasteiger partial charge >= 0.3 is 5.69 Å². The van der Waals surface area contributed by atoms with Gasteiger partial charge in [0, 0.05) is 11.9 Å². The molecule has 1 aliphatic rings. The molecule has 1 aliphatic heterocycles. The van der Waals surface area contributed by atoms with E-state index in [1.165, 1.54) is 10.8 Å². The van der Waals surface area contributed by atoms with Gasteiger partial charge in [0.2, 0.25) is 0 Å². The van der Waals surface area contributed by atoms with Crippen LogP contribution in [0.2, 0.25) is 5.02 Å². The van der Waals surface area contributed by atoms with Gasteiger partial charge in [0.15, 0.2) is 0 Å². The molecule has 3 rings (SSSR count). The molecule has 6 nitrogen and oxygen atoms in total. The lowest BCUT2D eigenvalue weighted by Crippen LogP contribution is -2.38. The van der Waals surface area contributed by atoms with Gasteiger partial charge in [0.05, 0.1) is 25.1 Å². The second kappa shape index (κ2) is 8.02. The molecule has 0 aliphatic carbocycles.